The number of rotatable bonds is 6. The summed E-state index contributed by atoms with van der Waals surface area (Å²) in [6.07, 6.45) is 0. The number of hydrogen-bond acceptors (Lipinski definition) is 6. The number of para-hydroxylation sites is 2. The number of halogens is 11. The Morgan fingerprint density at radius 1 is 0.338 bits per heavy atom. The fraction of sp³-hybridized carbons (Fsp3) is 0.200. The van der Waals surface area contributed by atoms with E-state index < -0.39 is 5.38 Å². The van der Waals surface area contributed by atoms with Gasteiger partial charge < -0.3 is 9.47 Å². The Morgan fingerprint density at radius 2 is 0.610 bits per heavy atom. The Balaban J connectivity index is 0.000000169. The lowest BCUT2D eigenvalue weighted by Gasteiger charge is -2.34. The normalized spacial score (nSPS) is 14.0. The van der Waals surface area contributed by atoms with Crippen molar-refractivity contribution in [3.8, 4) is 23.0 Å². The lowest BCUT2D eigenvalue weighted by Crippen LogP contribution is -2.16. The van der Waals surface area contributed by atoms with Crippen molar-refractivity contribution in [2.24, 2.45) is 0 Å². The largest absolute Gasteiger partial charge is 0.457 e. The first-order valence-corrected chi connectivity index (χ1v) is 31.2. The van der Waals surface area contributed by atoms with Crippen molar-refractivity contribution >= 4 is 175 Å². The topological polar surface area (TPSA) is 18.5 Å². The van der Waals surface area contributed by atoms with E-state index in [1.807, 2.05) is 42.5 Å². The van der Waals surface area contributed by atoms with Gasteiger partial charge in [-0.05, 0) is 41.0 Å². The fourth-order valence-corrected chi connectivity index (χ4v) is 19.1. The third-order valence-corrected chi connectivity index (χ3v) is 24.2. The molecule has 0 amide bonds. The molecule has 0 atom stereocenters. The van der Waals surface area contributed by atoms with E-state index in [1.54, 1.807) is 0 Å². The first-order valence-electron chi connectivity index (χ1n) is 22.8. The molecule has 77 heavy (non-hydrogen) atoms. The van der Waals surface area contributed by atoms with Gasteiger partial charge in [0.2, 0.25) is 0 Å². The fourth-order valence-electron chi connectivity index (χ4n) is 8.74. The van der Waals surface area contributed by atoms with Gasteiger partial charge in [0.1, 0.15) is 23.0 Å². The Morgan fingerprint density at radius 3 is 0.935 bits per heavy atom. The Bertz CT molecular complexity index is 2950. The minimum Gasteiger partial charge on any atom is -0.457 e. The van der Waals surface area contributed by atoms with E-state index in [1.165, 1.54) is 50.8 Å². The Kier molecular flexibility index (Phi) is 24.8. The molecule has 2 nitrogen and oxygen atoms in total. The first-order chi connectivity index (χ1) is 35.8. The number of hydrogen-bond donors (Lipinski definition) is 0. The highest BCUT2D eigenvalue weighted by atomic mass is 35.5. The number of alkyl halides is 1. The van der Waals surface area contributed by atoms with Crippen LogP contribution < -0.4 is 9.47 Å². The first kappa shape index (κ1) is 64.1. The van der Waals surface area contributed by atoms with Crippen LogP contribution in [0.3, 0.4) is 0 Å². The maximum absolute atomic E-state index is 6.49. The van der Waals surface area contributed by atoms with Crippen LogP contribution in [-0.4, -0.2) is 32.2 Å². The minimum absolute atomic E-state index is 0. The average Bonchev–Trinajstić information content (AvgIpc) is 4.19. The van der Waals surface area contributed by atoms with Crippen LogP contribution in [0.5, 0.6) is 23.0 Å². The van der Waals surface area contributed by atoms with Crippen LogP contribution in [0.25, 0.3) is 0 Å². The molecule has 0 unspecified atom stereocenters. The van der Waals surface area contributed by atoms with E-state index in [4.69, 9.17) is 137 Å². The van der Waals surface area contributed by atoms with E-state index in [0.29, 0.717) is 5.92 Å². The molecule has 0 radical (unpaired) electrons. The molecule has 12 rings (SSSR count). The van der Waals surface area contributed by atoms with Crippen molar-refractivity contribution in [3.05, 3.63) is 252 Å². The second kappa shape index (κ2) is 29.8. The summed E-state index contributed by atoms with van der Waals surface area (Å²) in [5.74, 6) is 9.68. The van der Waals surface area contributed by atoms with E-state index in [-0.39, 0.29) is 89.6 Å². The zero-order valence-corrected chi connectivity index (χ0v) is 49.9. The van der Waals surface area contributed by atoms with E-state index >= 15 is 0 Å². The zero-order valence-electron chi connectivity index (χ0n) is 38.3. The van der Waals surface area contributed by atoms with Crippen LogP contribution in [0.15, 0.2) is 158 Å². The van der Waals surface area contributed by atoms with E-state index in [2.05, 4.69) is 162 Å². The molecule has 0 N–H and O–H groups in total. The molecule has 0 saturated carbocycles. The molecule has 2 fully saturated rings. The predicted octanol–water partition coefficient (Wildman–Crippen LogP) is 25.0. The van der Waals surface area contributed by atoms with Gasteiger partial charge in [-0.2, -0.15) is 0 Å². The van der Waals surface area contributed by atoms with Gasteiger partial charge in [-0.15, -0.1) is 58.6 Å². The molecule has 0 spiro atoms. The maximum Gasteiger partial charge on any atom is 0.135 e. The highest BCUT2D eigenvalue weighted by Crippen LogP contribution is 2.57. The van der Waals surface area contributed by atoms with E-state index in [9.17, 15) is 0 Å². The van der Waals surface area contributed by atoms with Crippen molar-refractivity contribution in [1.29, 1.82) is 0 Å². The maximum atomic E-state index is 6.49. The molecular weight excluding hydrogens is 1270 g/mol. The summed E-state index contributed by atoms with van der Waals surface area (Å²) in [7, 11) is 0. The van der Waals surface area contributed by atoms with Gasteiger partial charge in [0.25, 0.3) is 0 Å². The average molecular weight is 1320 g/mol. The summed E-state index contributed by atoms with van der Waals surface area (Å²) in [5.41, 5.74) is 7.84. The molecule has 8 aromatic carbocycles. The van der Waals surface area contributed by atoms with Gasteiger partial charge in [-0.25, -0.2) is 0 Å². The second-order valence-corrected chi connectivity index (χ2v) is 26.4. The molecule has 4 aliphatic rings. The molecule has 0 bridgehead atoms. The van der Waals surface area contributed by atoms with Gasteiger partial charge in [0.15, 0.2) is 0 Å². The summed E-state index contributed by atoms with van der Waals surface area (Å²) in [6.45, 7) is 0. The van der Waals surface area contributed by atoms with Gasteiger partial charge in [0, 0.05) is 62.7 Å². The number of fused-ring (bicyclic) bond motifs is 4. The van der Waals surface area contributed by atoms with Crippen LogP contribution >= 0.6 is 175 Å². The summed E-state index contributed by atoms with van der Waals surface area (Å²) >= 11 is 76.1. The predicted molar refractivity (Wildman–Crippen MR) is 349 cm³/mol. The summed E-state index contributed by atoms with van der Waals surface area (Å²) in [4.78, 5) is 0. The summed E-state index contributed by atoms with van der Waals surface area (Å²) in [6, 6.07) is 54.5. The molecule has 2 saturated heterocycles. The van der Waals surface area contributed by atoms with Gasteiger partial charge in [-0.1, -0.05) is 272 Å². The van der Waals surface area contributed by atoms with Crippen LogP contribution in [0.4, 0.5) is 0 Å². The molecule has 0 aliphatic carbocycles. The molecule has 4 aliphatic heterocycles. The summed E-state index contributed by atoms with van der Waals surface area (Å²) < 4.78 is 13.9. The van der Waals surface area contributed by atoms with Gasteiger partial charge in [-0.3, -0.25) is 0 Å². The van der Waals surface area contributed by atoms with Crippen molar-refractivity contribution in [2.75, 3.05) is 23.0 Å². The number of ether oxygens (including phenoxy) is 2. The van der Waals surface area contributed by atoms with Crippen molar-refractivity contribution < 1.29 is 9.47 Å². The standard InChI is InChI=1S/C19H12O2.C19H16.C13HCl11.C6H10S4.3CH4/c1-3-8-14-12(6-1)18-13-7-2-4-9-15(13)21-17-11-5-10-16(20-14)19(17)18;1-4-10-16(11-5-1)19(17-12-6-2-7-13-17)18-14-8-3-9-15-18;14-3(1-4(15)8(19)12(23)9(20)5(1)16)2-6(17)10(21)13(24)11(22)7(2)18;1-2-8-5(7-1)6-9-3-4-10-6;;;/h1-11,18H;1-15,19H;3H;5-6H,1-4H2;3*1H4. The van der Waals surface area contributed by atoms with E-state index in [0.717, 1.165) is 37.7 Å². The minimum atomic E-state index is -1.08. The lowest BCUT2D eigenvalue weighted by atomic mass is 9.80. The smallest absolute Gasteiger partial charge is 0.135 e. The molecule has 0 aromatic heterocycles. The van der Waals surface area contributed by atoms with Crippen molar-refractivity contribution in [2.45, 2.75) is 48.7 Å². The number of thioether (sulfide) groups is 4. The van der Waals surface area contributed by atoms with Crippen LogP contribution in [0.1, 0.15) is 84.0 Å². The summed E-state index contributed by atoms with van der Waals surface area (Å²) in [5, 5.41) is -1.22. The van der Waals surface area contributed by atoms with Crippen LogP contribution in [0.2, 0.25) is 50.2 Å². The van der Waals surface area contributed by atoms with Crippen LogP contribution in [-0.2, 0) is 0 Å². The molecule has 8 aromatic rings. The molecule has 404 valence electrons. The van der Waals surface area contributed by atoms with Crippen molar-refractivity contribution in [3.63, 3.8) is 0 Å². The Labute approximate surface area is 525 Å². The highest BCUT2D eigenvalue weighted by molar-refractivity contribution is 8.26. The quantitative estimate of drug-likeness (QED) is 0.0710. The van der Waals surface area contributed by atoms with Gasteiger partial charge >= 0.3 is 0 Å². The Hall–Kier alpha value is -2.05. The monoisotopic (exact) mass is 1320 g/mol. The third kappa shape index (κ3) is 14.2. The van der Waals surface area contributed by atoms with Gasteiger partial charge in [0.05, 0.1) is 64.8 Å². The lowest BCUT2D eigenvalue weighted by molar-refractivity contribution is 0.410. The molecule has 17 heteroatoms. The zero-order chi connectivity index (χ0) is 52.0. The highest BCUT2D eigenvalue weighted by Gasteiger charge is 2.37. The third-order valence-electron chi connectivity index (χ3n) is 12.1. The molecular formula is C60H51Cl11O2S4. The van der Waals surface area contributed by atoms with Crippen LogP contribution in [0, 0.1) is 0 Å². The second-order valence-electron chi connectivity index (χ2n) is 16.6. The SMILES string of the molecule is C.C.C.C1CSC(C2SCCS2)S1.Clc1c(Cl)c(Cl)c(C(Cl)c2c(Cl)c(Cl)c(Cl)c(Cl)c2Cl)c(Cl)c1Cl.c1ccc(C(c2ccccc2)c2ccccc2)cc1.c1ccc2c(c1)Oc1cccc3c1C2c1ccccc1O3. The number of benzene rings is 8. The van der Waals surface area contributed by atoms with Crippen molar-refractivity contribution in [1.82, 2.24) is 0 Å². The molecule has 4 heterocycles.